The lowest BCUT2D eigenvalue weighted by Gasteiger charge is -2.36. The minimum Gasteiger partial charge on any atom is -0.381 e. The van der Waals surface area contributed by atoms with Crippen molar-refractivity contribution in [2.24, 2.45) is 0 Å². The highest BCUT2D eigenvalue weighted by molar-refractivity contribution is 7.99. The van der Waals surface area contributed by atoms with Crippen molar-refractivity contribution in [2.45, 2.75) is 33.1 Å². The van der Waals surface area contributed by atoms with E-state index in [0.717, 1.165) is 28.2 Å². The van der Waals surface area contributed by atoms with Crippen molar-refractivity contribution < 1.29 is 17.9 Å². The first kappa shape index (κ1) is 21.8. The Balaban J connectivity index is 1.49. The lowest BCUT2D eigenvalue weighted by Crippen LogP contribution is -2.35. The van der Waals surface area contributed by atoms with Gasteiger partial charge in [-0.3, -0.25) is 9.71 Å². The quantitative estimate of drug-likeness (QED) is 0.556. The predicted molar refractivity (Wildman–Crippen MR) is 121 cm³/mol. The van der Waals surface area contributed by atoms with Crippen LogP contribution in [-0.4, -0.2) is 33.7 Å². The summed E-state index contributed by atoms with van der Waals surface area (Å²) in [5.74, 6) is 0. The minimum atomic E-state index is -3.65. The molecule has 0 atom stereocenters. The van der Waals surface area contributed by atoms with Crippen molar-refractivity contribution in [2.75, 3.05) is 25.0 Å². The molecule has 1 saturated heterocycles. The Bertz CT molecular complexity index is 1110. The maximum Gasteiger partial charge on any atom is 0.261 e. The highest BCUT2D eigenvalue weighted by Gasteiger charge is 2.34. The van der Waals surface area contributed by atoms with Gasteiger partial charge in [-0.2, -0.15) is 0 Å². The van der Waals surface area contributed by atoms with Crippen LogP contribution in [0, 0.1) is 0 Å². The first-order valence-electron chi connectivity index (χ1n) is 9.95. The number of pyridine rings is 1. The van der Waals surface area contributed by atoms with Crippen LogP contribution >= 0.6 is 11.8 Å². The van der Waals surface area contributed by atoms with Gasteiger partial charge in [0.2, 0.25) is 0 Å². The van der Waals surface area contributed by atoms with E-state index in [-0.39, 0.29) is 10.5 Å². The molecule has 0 unspecified atom stereocenters. The van der Waals surface area contributed by atoms with E-state index in [0.29, 0.717) is 18.9 Å². The Hall–Kier alpha value is -2.39. The van der Waals surface area contributed by atoms with Gasteiger partial charge in [0.15, 0.2) is 0 Å². The number of nitrogens with zero attached hydrogens (tertiary/aromatic N) is 1. The van der Waals surface area contributed by atoms with Gasteiger partial charge in [-0.15, -0.1) is 0 Å². The molecule has 31 heavy (non-hydrogen) atoms. The number of hydrogen-bond acceptors (Lipinski definition) is 6. The molecule has 1 N–H and O–H groups in total. The summed E-state index contributed by atoms with van der Waals surface area (Å²) in [6, 6.07) is 18.4. The molecule has 1 aromatic heterocycles. The second-order valence-electron chi connectivity index (χ2n) is 7.25. The number of methoxy groups -OCH3 is 1. The number of nitrogens with one attached hydrogen (secondary N) is 1. The molecule has 3 aromatic rings. The van der Waals surface area contributed by atoms with E-state index in [1.54, 1.807) is 55.5 Å². The molecule has 0 amide bonds. The topological polar surface area (TPSA) is 77.5 Å². The zero-order valence-electron chi connectivity index (χ0n) is 17.2. The smallest absolute Gasteiger partial charge is 0.261 e. The molecule has 2 aromatic carbocycles. The van der Waals surface area contributed by atoms with Crippen molar-refractivity contribution in [3.63, 3.8) is 0 Å². The first-order chi connectivity index (χ1) is 15.0. The molecule has 6 nitrogen and oxygen atoms in total. The summed E-state index contributed by atoms with van der Waals surface area (Å²) in [6.07, 6.45) is 4.74. The van der Waals surface area contributed by atoms with E-state index < -0.39 is 10.0 Å². The predicted octanol–water partition coefficient (Wildman–Crippen LogP) is 4.69. The Morgan fingerprint density at radius 3 is 2.39 bits per heavy atom. The number of anilines is 1. The van der Waals surface area contributed by atoms with Crippen LogP contribution in [0.25, 0.3) is 0 Å². The van der Waals surface area contributed by atoms with Gasteiger partial charge >= 0.3 is 0 Å². The lowest BCUT2D eigenvalue weighted by atomic mass is 9.86. The summed E-state index contributed by atoms with van der Waals surface area (Å²) in [5.41, 5.74) is 1.31. The summed E-state index contributed by atoms with van der Waals surface area (Å²) >= 11 is 1.59. The van der Waals surface area contributed by atoms with E-state index in [4.69, 9.17) is 9.47 Å². The lowest BCUT2D eigenvalue weighted by molar-refractivity contribution is -0.0948. The molecule has 0 saturated carbocycles. The van der Waals surface area contributed by atoms with Crippen molar-refractivity contribution >= 4 is 27.5 Å². The Morgan fingerprint density at radius 1 is 1.00 bits per heavy atom. The summed E-state index contributed by atoms with van der Waals surface area (Å²) in [4.78, 5) is 6.14. The van der Waals surface area contributed by atoms with Crippen LogP contribution in [0.2, 0.25) is 0 Å². The number of ether oxygens (including phenoxy) is 2. The Morgan fingerprint density at radius 2 is 1.71 bits per heavy atom. The van der Waals surface area contributed by atoms with E-state index >= 15 is 0 Å². The normalized spacial score (nSPS) is 16.0. The molecule has 1 aliphatic heterocycles. The van der Waals surface area contributed by atoms with Crippen molar-refractivity contribution in [1.29, 1.82) is 0 Å². The SMILES string of the molecule is COC1(c2cccc(Sc3ccc(S(=O)(=O)Nc4ccncc4)cc3)c2)CCOCC1. The molecule has 8 heteroatoms. The van der Waals surface area contributed by atoms with Crippen LogP contribution in [0.5, 0.6) is 0 Å². The van der Waals surface area contributed by atoms with Gasteiger partial charge < -0.3 is 9.47 Å². The fourth-order valence-corrected chi connectivity index (χ4v) is 5.55. The van der Waals surface area contributed by atoms with Crippen LogP contribution in [-0.2, 0) is 25.1 Å². The number of sulfonamides is 1. The Kier molecular flexibility index (Phi) is 6.62. The highest BCUT2D eigenvalue weighted by atomic mass is 32.2. The summed E-state index contributed by atoms with van der Waals surface area (Å²) in [7, 11) is -1.90. The molecule has 2 heterocycles. The molecular weight excluding hydrogens is 432 g/mol. The summed E-state index contributed by atoms with van der Waals surface area (Å²) < 4.78 is 39.2. The Labute approximate surface area is 187 Å². The maximum atomic E-state index is 12.6. The van der Waals surface area contributed by atoms with Crippen molar-refractivity contribution in [3.8, 4) is 0 Å². The van der Waals surface area contributed by atoms with Gasteiger partial charge in [0.1, 0.15) is 0 Å². The third-order valence-corrected chi connectivity index (χ3v) is 7.75. The number of benzene rings is 2. The van der Waals surface area contributed by atoms with Crippen LogP contribution in [0.1, 0.15) is 18.4 Å². The molecule has 0 radical (unpaired) electrons. The largest absolute Gasteiger partial charge is 0.381 e. The number of aromatic nitrogens is 1. The van der Waals surface area contributed by atoms with Gasteiger partial charge in [0, 0.05) is 55.3 Å². The molecule has 162 valence electrons. The third kappa shape index (κ3) is 5.10. The van der Waals surface area contributed by atoms with Crippen molar-refractivity contribution in [3.05, 3.63) is 78.6 Å². The van der Waals surface area contributed by atoms with Gasteiger partial charge in [-0.1, -0.05) is 23.9 Å². The molecule has 4 rings (SSSR count). The zero-order valence-corrected chi connectivity index (χ0v) is 18.8. The van der Waals surface area contributed by atoms with E-state index in [2.05, 4.69) is 21.8 Å². The number of rotatable bonds is 7. The first-order valence-corrected chi connectivity index (χ1v) is 12.2. The summed E-state index contributed by atoms with van der Waals surface area (Å²) in [5, 5.41) is 0. The van der Waals surface area contributed by atoms with Gasteiger partial charge in [-0.25, -0.2) is 8.42 Å². The second-order valence-corrected chi connectivity index (χ2v) is 10.1. The molecule has 0 aliphatic carbocycles. The molecule has 0 spiro atoms. The third-order valence-electron chi connectivity index (χ3n) is 5.35. The fourth-order valence-electron chi connectivity index (χ4n) is 3.61. The number of hydrogen-bond donors (Lipinski definition) is 1. The average Bonchev–Trinajstić information content (AvgIpc) is 2.80. The molecule has 1 aliphatic rings. The van der Waals surface area contributed by atoms with Crippen LogP contribution in [0.4, 0.5) is 5.69 Å². The highest BCUT2D eigenvalue weighted by Crippen LogP contribution is 2.38. The standard InChI is InChI=1S/C23H24N2O4S2/c1-28-23(11-15-29-16-12-23)18-3-2-4-21(17-18)30-20-5-7-22(8-6-20)31(26,27)25-19-9-13-24-14-10-19/h2-10,13-14,17H,11-12,15-16H2,1H3,(H,24,25). The van der Waals surface area contributed by atoms with Crippen molar-refractivity contribution in [1.82, 2.24) is 4.98 Å². The van der Waals surface area contributed by atoms with Gasteiger partial charge in [-0.05, 0) is 54.1 Å². The average molecular weight is 457 g/mol. The monoisotopic (exact) mass is 456 g/mol. The summed E-state index contributed by atoms with van der Waals surface area (Å²) in [6.45, 7) is 1.38. The fraction of sp³-hybridized carbons (Fsp3) is 0.261. The van der Waals surface area contributed by atoms with Crippen LogP contribution in [0.3, 0.4) is 0 Å². The van der Waals surface area contributed by atoms with E-state index in [9.17, 15) is 8.42 Å². The second kappa shape index (κ2) is 9.40. The maximum absolute atomic E-state index is 12.6. The van der Waals surface area contributed by atoms with E-state index in [1.165, 1.54) is 0 Å². The molecular formula is C23H24N2O4S2. The van der Waals surface area contributed by atoms with Crippen LogP contribution < -0.4 is 4.72 Å². The zero-order chi connectivity index (χ0) is 21.7. The minimum absolute atomic E-state index is 0.211. The molecule has 1 fully saturated rings. The van der Waals surface area contributed by atoms with Gasteiger partial charge in [0.25, 0.3) is 10.0 Å². The van der Waals surface area contributed by atoms with Crippen LogP contribution in [0.15, 0.2) is 87.7 Å². The molecule has 0 bridgehead atoms. The van der Waals surface area contributed by atoms with E-state index in [1.807, 2.05) is 24.3 Å². The van der Waals surface area contributed by atoms with Gasteiger partial charge in [0.05, 0.1) is 16.2 Å².